The van der Waals surface area contributed by atoms with Crippen LogP contribution in [0.4, 0.5) is 4.79 Å². The number of rotatable bonds is 0. The number of carbonyl (C=O) groups is 2. The number of fused-ring (bicyclic) bond motifs is 1. The Morgan fingerprint density at radius 1 is 1.28 bits per heavy atom. The van der Waals surface area contributed by atoms with Gasteiger partial charge in [0.15, 0.2) is 0 Å². The second kappa shape index (κ2) is 4.90. The zero-order chi connectivity index (χ0) is 13.3. The number of nitrogens with zero attached hydrogens (tertiary/aromatic N) is 1. The first-order valence-electron chi connectivity index (χ1n) is 6.91. The van der Waals surface area contributed by atoms with Gasteiger partial charge in [0, 0.05) is 24.9 Å². The Morgan fingerprint density at radius 2 is 2.00 bits per heavy atom. The molecule has 4 nitrogen and oxygen atoms in total. The Morgan fingerprint density at radius 3 is 2.67 bits per heavy atom. The van der Waals surface area contributed by atoms with Crippen LogP contribution in [0.15, 0.2) is 0 Å². The van der Waals surface area contributed by atoms with E-state index in [4.69, 9.17) is 4.74 Å². The van der Waals surface area contributed by atoms with Gasteiger partial charge in [-0.15, -0.1) is 0 Å². The van der Waals surface area contributed by atoms with Crippen LogP contribution in [0.2, 0.25) is 0 Å². The van der Waals surface area contributed by atoms with E-state index >= 15 is 0 Å². The number of hydrogen-bond donors (Lipinski definition) is 0. The molecule has 0 unspecified atom stereocenters. The lowest BCUT2D eigenvalue weighted by molar-refractivity contribution is -0.129. The third-order valence-electron chi connectivity index (χ3n) is 3.74. The Bertz CT molecular complexity index is 345. The Balaban J connectivity index is 2.07. The second-order valence-electron chi connectivity index (χ2n) is 6.35. The number of hydrogen-bond acceptors (Lipinski definition) is 3. The van der Waals surface area contributed by atoms with Gasteiger partial charge in [-0.05, 0) is 46.5 Å². The summed E-state index contributed by atoms with van der Waals surface area (Å²) in [5.74, 6) is 0.388. The lowest BCUT2D eigenvalue weighted by Gasteiger charge is -2.43. The number of Topliss-reactive ketones (excluding diaryl/α,β-unsaturated/α-hetero) is 1. The van der Waals surface area contributed by atoms with Crippen LogP contribution in [-0.4, -0.2) is 35.0 Å². The molecule has 1 saturated heterocycles. The average Bonchev–Trinajstić information content (AvgIpc) is 2.26. The molecule has 0 spiro atoms. The van der Waals surface area contributed by atoms with Crippen LogP contribution < -0.4 is 0 Å². The smallest absolute Gasteiger partial charge is 0.410 e. The van der Waals surface area contributed by atoms with E-state index in [1.54, 1.807) is 4.90 Å². The van der Waals surface area contributed by atoms with Gasteiger partial charge in [0.05, 0.1) is 0 Å². The first-order chi connectivity index (χ1) is 8.38. The minimum atomic E-state index is -0.470. The van der Waals surface area contributed by atoms with E-state index in [0.29, 0.717) is 12.2 Å². The van der Waals surface area contributed by atoms with E-state index in [1.165, 1.54) is 0 Å². The Hall–Kier alpha value is -1.06. The molecule has 0 aromatic rings. The fraction of sp³-hybridized carbons (Fsp3) is 0.857. The topological polar surface area (TPSA) is 46.6 Å². The van der Waals surface area contributed by atoms with Crippen LogP contribution in [-0.2, 0) is 9.53 Å². The van der Waals surface area contributed by atoms with Crippen LogP contribution in [0.3, 0.4) is 0 Å². The lowest BCUT2D eigenvalue weighted by Crippen LogP contribution is -2.53. The molecule has 1 saturated carbocycles. The van der Waals surface area contributed by atoms with Crippen LogP contribution in [0.5, 0.6) is 0 Å². The molecule has 2 rings (SSSR count). The molecule has 0 aromatic carbocycles. The van der Waals surface area contributed by atoms with Crippen molar-refractivity contribution in [1.29, 1.82) is 0 Å². The third-order valence-corrected chi connectivity index (χ3v) is 3.74. The number of carbonyl (C=O) groups excluding carboxylic acids is 2. The molecule has 4 heteroatoms. The normalized spacial score (nSPS) is 28.8. The SMILES string of the molecule is CC(C)(C)OC(=O)N1CCC[C@@H]2C(=O)CCC[C@H]21. The molecule has 102 valence electrons. The molecule has 0 radical (unpaired) electrons. The van der Waals surface area contributed by atoms with Crippen LogP contribution in [0.25, 0.3) is 0 Å². The summed E-state index contributed by atoms with van der Waals surface area (Å²) >= 11 is 0. The van der Waals surface area contributed by atoms with Crippen molar-refractivity contribution >= 4 is 11.9 Å². The second-order valence-corrected chi connectivity index (χ2v) is 6.35. The number of likely N-dealkylation sites (tertiary alicyclic amines) is 1. The van der Waals surface area contributed by atoms with E-state index in [9.17, 15) is 9.59 Å². The minimum Gasteiger partial charge on any atom is -0.444 e. The first-order valence-corrected chi connectivity index (χ1v) is 6.91. The van der Waals surface area contributed by atoms with Gasteiger partial charge in [0.1, 0.15) is 11.4 Å². The summed E-state index contributed by atoms with van der Waals surface area (Å²) in [4.78, 5) is 25.9. The van der Waals surface area contributed by atoms with E-state index in [1.807, 2.05) is 20.8 Å². The van der Waals surface area contributed by atoms with Gasteiger partial charge < -0.3 is 9.64 Å². The van der Waals surface area contributed by atoms with E-state index < -0.39 is 5.60 Å². The summed E-state index contributed by atoms with van der Waals surface area (Å²) in [6.45, 7) is 6.35. The highest BCUT2D eigenvalue weighted by molar-refractivity contribution is 5.83. The van der Waals surface area contributed by atoms with E-state index in [0.717, 1.165) is 32.2 Å². The molecule has 0 aromatic heterocycles. The molecule has 18 heavy (non-hydrogen) atoms. The predicted molar refractivity (Wildman–Crippen MR) is 68.3 cm³/mol. The standard InChI is InChI=1S/C14H23NO3/c1-14(2,3)18-13(17)15-9-5-6-10-11(15)7-4-8-12(10)16/h10-11H,4-9H2,1-3H3/t10-,11+/m0/s1. The third kappa shape index (κ3) is 2.85. The number of amides is 1. The molecular formula is C14H23NO3. The molecule has 2 aliphatic rings. The van der Waals surface area contributed by atoms with Crippen molar-refractivity contribution in [2.24, 2.45) is 5.92 Å². The number of ketones is 1. The summed E-state index contributed by atoms with van der Waals surface area (Å²) in [5, 5.41) is 0. The summed E-state index contributed by atoms with van der Waals surface area (Å²) in [6.07, 6.45) is 4.11. The summed E-state index contributed by atoms with van der Waals surface area (Å²) in [5.41, 5.74) is -0.470. The van der Waals surface area contributed by atoms with Crippen LogP contribution in [0, 0.1) is 5.92 Å². The van der Waals surface area contributed by atoms with Gasteiger partial charge in [-0.2, -0.15) is 0 Å². The molecule has 2 fully saturated rings. The molecular weight excluding hydrogens is 230 g/mol. The van der Waals surface area contributed by atoms with Crippen molar-refractivity contribution in [3.63, 3.8) is 0 Å². The van der Waals surface area contributed by atoms with Crippen molar-refractivity contribution in [2.75, 3.05) is 6.54 Å². The fourth-order valence-corrected chi connectivity index (χ4v) is 3.01. The minimum absolute atomic E-state index is 0.0556. The highest BCUT2D eigenvalue weighted by Gasteiger charge is 2.41. The van der Waals surface area contributed by atoms with Crippen LogP contribution >= 0.6 is 0 Å². The summed E-state index contributed by atoms with van der Waals surface area (Å²) in [6, 6.07) is 0.0786. The molecule has 0 bridgehead atoms. The van der Waals surface area contributed by atoms with Gasteiger partial charge in [-0.1, -0.05) is 0 Å². The van der Waals surface area contributed by atoms with Crippen molar-refractivity contribution in [2.45, 2.75) is 64.5 Å². The maximum atomic E-state index is 12.2. The maximum Gasteiger partial charge on any atom is 0.410 e. The van der Waals surface area contributed by atoms with Crippen LogP contribution in [0.1, 0.15) is 52.9 Å². The molecule has 1 amide bonds. The largest absolute Gasteiger partial charge is 0.444 e. The van der Waals surface area contributed by atoms with Gasteiger partial charge >= 0.3 is 6.09 Å². The quantitative estimate of drug-likeness (QED) is 0.667. The number of piperidine rings is 1. The first kappa shape index (κ1) is 13.4. The zero-order valence-corrected chi connectivity index (χ0v) is 11.6. The predicted octanol–water partition coefficient (Wildman–Crippen LogP) is 2.76. The van der Waals surface area contributed by atoms with Gasteiger partial charge in [0.2, 0.25) is 0 Å². The summed E-state index contributed by atoms with van der Waals surface area (Å²) < 4.78 is 5.44. The molecule has 1 heterocycles. The monoisotopic (exact) mass is 253 g/mol. The maximum absolute atomic E-state index is 12.2. The fourth-order valence-electron chi connectivity index (χ4n) is 3.01. The summed E-state index contributed by atoms with van der Waals surface area (Å²) in [7, 11) is 0. The Labute approximate surface area is 109 Å². The average molecular weight is 253 g/mol. The highest BCUT2D eigenvalue weighted by Crippen LogP contribution is 2.33. The van der Waals surface area contributed by atoms with E-state index in [2.05, 4.69) is 0 Å². The molecule has 1 aliphatic heterocycles. The van der Waals surface area contributed by atoms with Crippen molar-refractivity contribution in [3.05, 3.63) is 0 Å². The van der Waals surface area contributed by atoms with Gasteiger partial charge in [-0.3, -0.25) is 4.79 Å². The van der Waals surface area contributed by atoms with Gasteiger partial charge in [-0.25, -0.2) is 4.79 Å². The van der Waals surface area contributed by atoms with Crippen molar-refractivity contribution in [1.82, 2.24) is 4.90 Å². The number of ether oxygens (including phenoxy) is 1. The lowest BCUT2D eigenvalue weighted by atomic mass is 9.77. The van der Waals surface area contributed by atoms with Crippen molar-refractivity contribution in [3.8, 4) is 0 Å². The molecule has 0 N–H and O–H groups in total. The van der Waals surface area contributed by atoms with E-state index in [-0.39, 0.29) is 18.1 Å². The van der Waals surface area contributed by atoms with Crippen molar-refractivity contribution < 1.29 is 14.3 Å². The van der Waals surface area contributed by atoms with Gasteiger partial charge in [0.25, 0.3) is 0 Å². The highest BCUT2D eigenvalue weighted by atomic mass is 16.6. The molecule has 1 aliphatic carbocycles. The molecule has 2 atom stereocenters. The zero-order valence-electron chi connectivity index (χ0n) is 11.6. The Kier molecular flexibility index (Phi) is 3.64.